The van der Waals surface area contributed by atoms with Gasteiger partial charge in [0, 0.05) is 29.6 Å². The van der Waals surface area contributed by atoms with Crippen molar-refractivity contribution in [2.75, 3.05) is 13.2 Å². The molecule has 1 fully saturated rings. The van der Waals surface area contributed by atoms with Gasteiger partial charge in [-0.05, 0) is 21.5 Å². The molecule has 1 atom stereocenters. The quantitative estimate of drug-likeness (QED) is 0.697. The van der Waals surface area contributed by atoms with E-state index in [1.54, 1.807) is 18.5 Å². The highest BCUT2D eigenvalue weighted by Gasteiger charge is 2.17. The minimum absolute atomic E-state index is 0.231. The number of pyridine rings is 1. The van der Waals surface area contributed by atoms with Crippen LogP contribution in [0.25, 0.3) is 16.6 Å². The number of allylic oxidation sites excluding steroid dienone is 1. The van der Waals surface area contributed by atoms with Crippen molar-refractivity contribution in [1.29, 1.82) is 0 Å². The van der Waals surface area contributed by atoms with Crippen LogP contribution in [0.2, 0.25) is 5.02 Å². The second-order valence-corrected chi connectivity index (χ2v) is 5.44. The van der Waals surface area contributed by atoms with Crippen molar-refractivity contribution in [3.8, 4) is 0 Å². The molecule has 5 nitrogen and oxygen atoms in total. The topological polar surface area (TPSA) is 65.4 Å². The monoisotopic (exact) mass is 308 g/mol. The fourth-order valence-corrected chi connectivity index (χ4v) is 2.62. The van der Waals surface area contributed by atoms with Crippen LogP contribution in [0.4, 0.5) is 0 Å². The summed E-state index contributed by atoms with van der Waals surface area (Å²) in [6.45, 7) is 1.34. The average molecular weight is 309 g/mol. The molecule has 0 radical (unpaired) electrons. The molecule has 1 aliphatic rings. The van der Waals surface area contributed by atoms with E-state index in [1.807, 2.05) is 10.4 Å². The summed E-state index contributed by atoms with van der Waals surface area (Å²) >= 11 is 6.19. The summed E-state index contributed by atoms with van der Waals surface area (Å²) in [6.07, 6.45) is 4.99. The molecule has 1 aliphatic heterocycles. The predicted octanol–water partition coefficient (Wildman–Crippen LogP) is 2.10. The van der Waals surface area contributed by atoms with E-state index in [0.29, 0.717) is 18.2 Å². The molecule has 1 unspecified atom stereocenters. The molecule has 7 heteroatoms. The summed E-state index contributed by atoms with van der Waals surface area (Å²) in [5, 5.41) is 1.55. The first-order valence-electron chi connectivity index (χ1n) is 6.15. The summed E-state index contributed by atoms with van der Waals surface area (Å²) in [5.41, 5.74) is 8.23. The third-order valence-corrected chi connectivity index (χ3v) is 4.06. The number of fused-ring (bicyclic) bond motifs is 1. The van der Waals surface area contributed by atoms with Crippen LogP contribution in [-0.4, -0.2) is 34.8 Å². The van der Waals surface area contributed by atoms with Crippen molar-refractivity contribution in [3.05, 3.63) is 35.2 Å². The SMILES string of the molecule is N/C=C(\C=NC1COC1)c1cc2c(Cl)ccnc2n1P. The first kappa shape index (κ1) is 13.6. The Morgan fingerprint density at radius 3 is 3.00 bits per heavy atom. The van der Waals surface area contributed by atoms with E-state index in [9.17, 15) is 0 Å². The molecule has 3 rings (SSSR count). The third kappa shape index (κ3) is 2.33. The lowest BCUT2D eigenvalue weighted by Gasteiger charge is -2.21. The van der Waals surface area contributed by atoms with Crippen LogP contribution < -0.4 is 5.73 Å². The standard InChI is InChI=1S/C13H14ClN4OP/c14-11-1-2-16-13-10(11)3-12(18(13)20)8(4-15)5-17-9-6-19-7-9/h1-5,9H,6-7,15,20H2/b8-4+,17-5?. The lowest BCUT2D eigenvalue weighted by Crippen LogP contribution is -2.31. The number of aliphatic imine (C=N–C) groups is 1. The number of ether oxygens (including phenoxy) is 1. The van der Waals surface area contributed by atoms with Gasteiger partial charge in [0.05, 0.1) is 30.0 Å². The maximum Gasteiger partial charge on any atom is 0.144 e. The van der Waals surface area contributed by atoms with E-state index >= 15 is 0 Å². The van der Waals surface area contributed by atoms with Gasteiger partial charge in [-0.3, -0.25) is 4.99 Å². The van der Waals surface area contributed by atoms with Gasteiger partial charge in [-0.1, -0.05) is 11.6 Å². The molecule has 0 spiro atoms. The fraction of sp³-hybridized carbons (Fsp3) is 0.231. The Morgan fingerprint density at radius 1 is 1.60 bits per heavy atom. The minimum Gasteiger partial charge on any atom is -0.404 e. The summed E-state index contributed by atoms with van der Waals surface area (Å²) in [7, 11) is 2.62. The molecule has 0 aromatic carbocycles. The Bertz CT molecular complexity index is 706. The molecule has 2 N–H and O–H groups in total. The minimum atomic E-state index is 0.231. The van der Waals surface area contributed by atoms with Crippen LogP contribution in [0.5, 0.6) is 0 Å². The number of aromatic nitrogens is 2. The summed E-state index contributed by atoms with van der Waals surface area (Å²) in [6, 6.07) is 3.96. The number of halogens is 1. The first-order chi connectivity index (χ1) is 9.70. The highest BCUT2D eigenvalue weighted by molar-refractivity contribution is 7.15. The van der Waals surface area contributed by atoms with Gasteiger partial charge in [0.2, 0.25) is 0 Å². The van der Waals surface area contributed by atoms with E-state index in [1.165, 1.54) is 6.20 Å². The molecule has 0 amide bonds. The van der Waals surface area contributed by atoms with Crippen LogP contribution >= 0.6 is 21.0 Å². The summed E-state index contributed by atoms with van der Waals surface area (Å²) in [5.74, 6) is 0. The molecule has 104 valence electrons. The van der Waals surface area contributed by atoms with Crippen molar-refractivity contribution in [2.24, 2.45) is 10.7 Å². The summed E-state index contributed by atoms with van der Waals surface area (Å²) < 4.78 is 6.97. The lowest BCUT2D eigenvalue weighted by molar-refractivity contribution is 0.0136. The Balaban J connectivity index is 2.01. The van der Waals surface area contributed by atoms with Gasteiger partial charge in [0.25, 0.3) is 0 Å². The molecule has 0 saturated carbocycles. The van der Waals surface area contributed by atoms with Crippen molar-refractivity contribution in [1.82, 2.24) is 9.32 Å². The average Bonchev–Trinajstić information content (AvgIpc) is 2.72. The molecule has 0 aliphatic carbocycles. The number of nitrogens with zero attached hydrogens (tertiary/aromatic N) is 3. The van der Waals surface area contributed by atoms with Gasteiger partial charge in [0.1, 0.15) is 5.65 Å². The maximum absolute atomic E-state index is 6.19. The van der Waals surface area contributed by atoms with Crippen LogP contribution in [-0.2, 0) is 4.74 Å². The largest absolute Gasteiger partial charge is 0.404 e. The van der Waals surface area contributed by atoms with Crippen LogP contribution in [0.1, 0.15) is 5.69 Å². The zero-order valence-corrected chi connectivity index (χ0v) is 12.6. The molecular weight excluding hydrogens is 295 g/mol. The van der Waals surface area contributed by atoms with E-state index in [0.717, 1.165) is 22.3 Å². The predicted molar refractivity (Wildman–Crippen MR) is 85.1 cm³/mol. The van der Waals surface area contributed by atoms with Crippen LogP contribution in [0, 0.1) is 0 Å². The highest BCUT2D eigenvalue weighted by atomic mass is 35.5. The van der Waals surface area contributed by atoms with E-state index < -0.39 is 0 Å². The molecule has 2 aromatic rings. The van der Waals surface area contributed by atoms with Crippen LogP contribution in [0.3, 0.4) is 0 Å². The molecule has 1 saturated heterocycles. The number of rotatable bonds is 3. The number of hydrogen-bond donors (Lipinski definition) is 1. The molecule has 0 bridgehead atoms. The van der Waals surface area contributed by atoms with Crippen molar-refractivity contribution < 1.29 is 4.74 Å². The van der Waals surface area contributed by atoms with E-state index in [2.05, 4.69) is 19.4 Å². The van der Waals surface area contributed by atoms with Gasteiger partial charge >= 0.3 is 0 Å². The zero-order chi connectivity index (χ0) is 14.1. The molecule has 20 heavy (non-hydrogen) atoms. The van der Waals surface area contributed by atoms with Gasteiger partial charge in [-0.15, -0.1) is 0 Å². The molecule has 2 aromatic heterocycles. The number of nitrogens with two attached hydrogens (primary N) is 1. The van der Waals surface area contributed by atoms with Gasteiger partial charge in [-0.25, -0.2) is 4.98 Å². The normalized spacial score (nSPS) is 17.0. The fourth-order valence-electron chi connectivity index (χ4n) is 2.00. The number of hydrogen-bond acceptors (Lipinski definition) is 4. The van der Waals surface area contributed by atoms with Gasteiger partial charge < -0.3 is 14.8 Å². The Kier molecular flexibility index (Phi) is 3.74. The molecule has 3 heterocycles. The Labute approximate surface area is 123 Å². The van der Waals surface area contributed by atoms with E-state index in [4.69, 9.17) is 22.1 Å². The van der Waals surface area contributed by atoms with Crippen molar-refractivity contribution >= 4 is 43.8 Å². The van der Waals surface area contributed by atoms with Gasteiger partial charge in [-0.2, -0.15) is 0 Å². The van der Waals surface area contributed by atoms with Crippen LogP contribution in [0.15, 0.2) is 29.5 Å². The highest BCUT2D eigenvalue weighted by Crippen LogP contribution is 2.29. The van der Waals surface area contributed by atoms with Gasteiger partial charge in [0.15, 0.2) is 0 Å². The summed E-state index contributed by atoms with van der Waals surface area (Å²) in [4.78, 5) is 8.76. The first-order valence-corrected chi connectivity index (χ1v) is 7.04. The van der Waals surface area contributed by atoms with Crippen molar-refractivity contribution in [2.45, 2.75) is 6.04 Å². The zero-order valence-electron chi connectivity index (χ0n) is 10.7. The third-order valence-electron chi connectivity index (χ3n) is 3.20. The lowest BCUT2D eigenvalue weighted by atomic mass is 10.2. The van der Waals surface area contributed by atoms with Crippen molar-refractivity contribution in [3.63, 3.8) is 0 Å². The molecular formula is C13H14ClN4OP. The second kappa shape index (κ2) is 5.52. The Morgan fingerprint density at radius 2 is 2.40 bits per heavy atom. The Hall–Kier alpha value is -1.42. The second-order valence-electron chi connectivity index (χ2n) is 4.52. The smallest absolute Gasteiger partial charge is 0.144 e. The maximum atomic E-state index is 6.19. The van der Waals surface area contributed by atoms with E-state index in [-0.39, 0.29) is 6.04 Å².